The molecule has 264 valence electrons. The Balaban J connectivity index is 1.25. The predicted octanol–water partition coefficient (Wildman–Crippen LogP) is 14.9. The van der Waals surface area contributed by atoms with Gasteiger partial charge in [-0.1, -0.05) is 182 Å². The summed E-state index contributed by atoms with van der Waals surface area (Å²) in [6, 6.07) is 83.1. The predicted molar refractivity (Wildman–Crippen MR) is 237 cm³/mol. The monoisotopic (exact) mass is 714 g/mol. The molecule has 0 aliphatic carbocycles. The van der Waals surface area contributed by atoms with Crippen LogP contribution < -0.4 is 4.90 Å². The van der Waals surface area contributed by atoms with Crippen molar-refractivity contribution >= 4 is 38.9 Å². The maximum atomic E-state index is 2.46. The fraction of sp³-hybridized carbons (Fsp3) is 0. The first-order valence-corrected chi connectivity index (χ1v) is 19.2. The van der Waals surface area contributed by atoms with Gasteiger partial charge in [-0.05, 0) is 81.9 Å². The van der Waals surface area contributed by atoms with Gasteiger partial charge in [0.05, 0.1) is 22.4 Å². The zero-order valence-electron chi connectivity index (χ0n) is 30.8. The molecule has 0 atom stereocenters. The van der Waals surface area contributed by atoms with Crippen LogP contribution in [0.1, 0.15) is 0 Å². The summed E-state index contributed by atoms with van der Waals surface area (Å²) in [5.41, 5.74) is 16.2. The van der Waals surface area contributed by atoms with E-state index in [0.717, 1.165) is 28.3 Å². The van der Waals surface area contributed by atoms with Crippen LogP contribution in [0.15, 0.2) is 231 Å². The van der Waals surface area contributed by atoms with E-state index in [1.165, 1.54) is 60.8 Å². The van der Waals surface area contributed by atoms with Gasteiger partial charge in [0, 0.05) is 33.3 Å². The van der Waals surface area contributed by atoms with Gasteiger partial charge in [0.15, 0.2) is 0 Å². The van der Waals surface area contributed by atoms with Crippen LogP contribution in [0, 0.1) is 0 Å². The molecule has 10 rings (SSSR count). The number of hydrogen-bond donors (Lipinski definition) is 0. The molecule has 1 aromatic heterocycles. The maximum absolute atomic E-state index is 2.46. The van der Waals surface area contributed by atoms with E-state index in [1.807, 2.05) is 0 Å². The summed E-state index contributed by atoms with van der Waals surface area (Å²) in [5.74, 6) is 0. The van der Waals surface area contributed by atoms with Gasteiger partial charge in [-0.15, -0.1) is 0 Å². The molecule has 10 aromatic rings. The summed E-state index contributed by atoms with van der Waals surface area (Å²) in [4.78, 5) is 2.46. The highest BCUT2D eigenvalue weighted by Gasteiger charge is 2.24. The van der Waals surface area contributed by atoms with Crippen molar-refractivity contribution in [2.45, 2.75) is 0 Å². The highest BCUT2D eigenvalue weighted by Crippen LogP contribution is 2.49. The summed E-state index contributed by atoms with van der Waals surface area (Å²) < 4.78 is 2.38. The molecule has 0 fully saturated rings. The average molecular weight is 715 g/mol. The third kappa shape index (κ3) is 5.85. The van der Waals surface area contributed by atoms with Crippen LogP contribution in [0.4, 0.5) is 17.1 Å². The lowest BCUT2D eigenvalue weighted by Gasteiger charge is -2.31. The van der Waals surface area contributed by atoms with E-state index in [1.54, 1.807) is 0 Å². The highest BCUT2D eigenvalue weighted by atomic mass is 15.1. The number of hydrogen-bond acceptors (Lipinski definition) is 1. The molecule has 56 heavy (non-hydrogen) atoms. The molecule has 0 saturated heterocycles. The van der Waals surface area contributed by atoms with Gasteiger partial charge >= 0.3 is 0 Å². The van der Waals surface area contributed by atoms with Crippen molar-refractivity contribution in [3.63, 3.8) is 0 Å². The van der Waals surface area contributed by atoms with Crippen molar-refractivity contribution in [3.05, 3.63) is 231 Å². The second kappa shape index (κ2) is 14.4. The normalized spacial score (nSPS) is 11.2. The number of nitrogens with zero attached hydrogens (tertiary/aromatic N) is 2. The molecule has 0 bridgehead atoms. The molecule has 0 aliphatic heterocycles. The van der Waals surface area contributed by atoms with Crippen LogP contribution in [0.25, 0.3) is 72.0 Å². The number of rotatable bonds is 8. The lowest BCUT2D eigenvalue weighted by molar-refractivity contribution is 1.17. The Labute approximate surface area is 327 Å². The van der Waals surface area contributed by atoms with Crippen molar-refractivity contribution in [1.82, 2.24) is 4.57 Å². The zero-order chi connectivity index (χ0) is 37.3. The fourth-order valence-electron chi connectivity index (χ4n) is 8.33. The summed E-state index contributed by atoms with van der Waals surface area (Å²) in [6.07, 6.45) is 0. The number of aromatic nitrogens is 1. The van der Waals surface area contributed by atoms with E-state index in [2.05, 4.69) is 240 Å². The standard InChI is InChI=1S/C54H38N2/c1-4-19-39(20-5-1)44-25-10-11-29-49(44)54-46(41-23-8-3-9-24-41)30-18-34-53(54)56(50-31-15-12-26-45(50)40-21-6-2-7-22-40)43-37-35-42(36-38-43)55-51-32-16-13-27-47(51)48-28-14-17-33-52(48)55/h1-38H. The average Bonchev–Trinajstić information content (AvgIpc) is 3.62. The first-order valence-electron chi connectivity index (χ1n) is 19.2. The Morgan fingerprint density at radius 2 is 0.714 bits per heavy atom. The topological polar surface area (TPSA) is 8.17 Å². The van der Waals surface area contributed by atoms with Crippen LogP contribution in [0.2, 0.25) is 0 Å². The van der Waals surface area contributed by atoms with Gasteiger partial charge in [0.25, 0.3) is 0 Å². The molecular weight excluding hydrogens is 677 g/mol. The Morgan fingerprint density at radius 1 is 0.286 bits per heavy atom. The van der Waals surface area contributed by atoms with Crippen molar-refractivity contribution in [2.24, 2.45) is 0 Å². The molecule has 0 aliphatic rings. The van der Waals surface area contributed by atoms with Gasteiger partial charge < -0.3 is 9.47 Å². The van der Waals surface area contributed by atoms with E-state index < -0.39 is 0 Å². The van der Waals surface area contributed by atoms with Crippen molar-refractivity contribution in [3.8, 4) is 50.2 Å². The number of para-hydroxylation sites is 3. The number of benzene rings is 9. The van der Waals surface area contributed by atoms with Crippen LogP contribution in [-0.2, 0) is 0 Å². The minimum Gasteiger partial charge on any atom is -0.309 e. The fourth-order valence-corrected chi connectivity index (χ4v) is 8.33. The minimum atomic E-state index is 1.07. The van der Waals surface area contributed by atoms with Crippen molar-refractivity contribution < 1.29 is 0 Å². The molecule has 0 saturated carbocycles. The second-order valence-electron chi connectivity index (χ2n) is 14.1. The lowest BCUT2D eigenvalue weighted by Crippen LogP contribution is -2.13. The quantitative estimate of drug-likeness (QED) is 0.152. The van der Waals surface area contributed by atoms with Gasteiger partial charge in [-0.3, -0.25) is 0 Å². The third-order valence-electron chi connectivity index (χ3n) is 10.8. The maximum Gasteiger partial charge on any atom is 0.0546 e. The molecule has 0 amide bonds. The molecular formula is C54H38N2. The Hall–Kier alpha value is -7.42. The summed E-state index contributed by atoms with van der Waals surface area (Å²) in [6.45, 7) is 0. The molecule has 9 aromatic carbocycles. The van der Waals surface area contributed by atoms with Crippen molar-refractivity contribution in [1.29, 1.82) is 0 Å². The third-order valence-corrected chi connectivity index (χ3v) is 10.8. The SMILES string of the molecule is c1ccc(-c2ccccc2-c2c(-c3ccccc3)cccc2N(c2ccc(-n3c4ccccc4c4ccccc43)cc2)c2ccccc2-c2ccccc2)cc1. The molecule has 2 heteroatoms. The summed E-state index contributed by atoms with van der Waals surface area (Å²) in [5, 5.41) is 2.51. The van der Waals surface area contributed by atoms with E-state index in [0.29, 0.717) is 0 Å². The van der Waals surface area contributed by atoms with Gasteiger partial charge in [-0.25, -0.2) is 0 Å². The Kier molecular flexibility index (Phi) is 8.55. The first kappa shape index (κ1) is 33.2. The second-order valence-corrected chi connectivity index (χ2v) is 14.1. The Morgan fingerprint density at radius 3 is 1.32 bits per heavy atom. The van der Waals surface area contributed by atoms with Gasteiger partial charge in [0.2, 0.25) is 0 Å². The van der Waals surface area contributed by atoms with Crippen LogP contribution in [0.3, 0.4) is 0 Å². The van der Waals surface area contributed by atoms with Crippen LogP contribution in [-0.4, -0.2) is 4.57 Å². The van der Waals surface area contributed by atoms with E-state index >= 15 is 0 Å². The van der Waals surface area contributed by atoms with E-state index in [-0.39, 0.29) is 0 Å². The van der Waals surface area contributed by atoms with Crippen molar-refractivity contribution in [2.75, 3.05) is 4.90 Å². The number of fused-ring (bicyclic) bond motifs is 3. The highest BCUT2D eigenvalue weighted by molar-refractivity contribution is 6.09. The van der Waals surface area contributed by atoms with Gasteiger partial charge in [0.1, 0.15) is 0 Å². The summed E-state index contributed by atoms with van der Waals surface area (Å²) >= 11 is 0. The van der Waals surface area contributed by atoms with Crippen LogP contribution >= 0.6 is 0 Å². The molecule has 0 unspecified atom stereocenters. The molecule has 0 N–H and O–H groups in total. The molecule has 2 nitrogen and oxygen atoms in total. The molecule has 0 spiro atoms. The van der Waals surface area contributed by atoms with Gasteiger partial charge in [-0.2, -0.15) is 0 Å². The summed E-state index contributed by atoms with van der Waals surface area (Å²) in [7, 11) is 0. The molecule has 1 heterocycles. The van der Waals surface area contributed by atoms with E-state index in [9.17, 15) is 0 Å². The van der Waals surface area contributed by atoms with E-state index in [4.69, 9.17) is 0 Å². The Bertz CT molecular complexity index is 2890. The zero-order valence-corrected chi connectivity index (χ0v) is 30.8. The van der Waals surface area contributed by atoms with Crippen LogP contribution in [0.5, 0.6) is 0 Å². The largest absolute Gasteiger partial charge is 0.309 e. The minimum absolute atomic E-state index is 1.07. The lowest BCUT2D eigenvalue weighted by atomic mass is 9.87. The first-order chi connectivity index (χ1) is 27.8. The molecule has 0 radical (unpaired) electrons. The smallest absolute Gasteiger partial charge is 0.0546 e. The number of anilines is 3.